The quantitative estimate of drug-likeness (QED) is 0.831. The maximum absolute atomic E-state index is 6.00. The topological polar surface area (TPSA) is 51.0 Å². The molecule has 16 heavy (non-hydrogen) atoms. The molecule has 2 rings (SSSR count). The van der Waals surface area contributed by atoms with Crippen molar-refractivity contribution in [2.24, 2.45) is 5.73 Å². The van der Waals surface area contributed by atoms with E-state index >= 15 is 0 Å². The van der Waals surface area contributed by atoms with E-state index in [1.807, 2.05) is 26.0 Å². The van der Waals surface area contributed by atoms with Gasteiger partial charge in [-0.15, -0.1) is 0 Å². The summed E-state index contributed by atoms with van der Waals surface area (Å²) in [6, 6.07) is 8.16. The number of hydrogen-bond acceptors (Lipinski definition) is 2. The summed E-state index contributed by atoms with van der Waals surface area (Å²) in [5, 5.41) is 1.19. The summed E-state index contributed by atoms with van der Waals surface area (Å²) >= 11 is 0. The number of hydrogen-bond donors (Lipinski definition) is 2. The summed E-state index contributed by atoms with van der Waals surface area (Å²) in [6.45, 7) is 4.05. The molecule has 86 valence electrons. The lowest BCUT2D eigenvalue weighted by atomic mass is 10.0. The Labute approximate surface area is 95.6 Å². The minimum absolute atomic E-state index is 0.190. The third-order valence-corrected chi connectivity index (χ3v) is 2.53. The van der Waals surface area contributed by atoms with Crippen molar-refractivity contribution < 1.29 is 4.74 Å². The van der Waals surface area contributed by atoms with E-state index in [1.54, 1.807) is 7.11 Å². The van der Waals surface area contributed by atoms with Crippen molar-refractivity contribution in [2.75, 3.05) is 7.11 Å². The van der Waals surface area contributed by atoms with Crippen LogP contribution in [0.25, 0.3) is 10.9 Å². The monoisotopic (exact) mass is 218 g/mol. The molecule has 0 atom stereocenters. The predicted octanol–water partition coefficient (Wildman–Crippen LogP) is 2.46. The van der Waals surface area contributed by atoms with Gasteiger partial charge in [-0.25, -0.2) is 0 Å². The molecule has 0 fully saturated rings. The Morgan fingerprint density at radius 2 is 2.06 bits per heavy atom. The van der Waals surface area contributed by atoms with Gasteiger partial charge in [0.05, 0.1) is 7.11 Å². The van der Waals surface area contributed by atoms with E-state index in [1.165, 1.54) is 5.39 Å². The van der Waals surface area contributed by atoms with Gasteiger partial charge in [-0.05, 0) is 37.4 Å². The minimum Gasteiger partial charge on any atom is -0.497 e. The summed E-state index contributed by atoms with van der Waals surface area (Å²) in [5.74, 6) is 0.868. The lowest BCUT2D eigenvalue weighted by Gasteiger charge is -2.16. The van der Waals surface area contributed by atoms with E-state index in [9.17, 15) is 0 Å². The van der Waals surface area contributed by atoms with Crippen molar-refractivity contribution in [1.82, 2.24) is 4.98 Å². The summed E-state index contributed by atoms with van der Waals surface area (Å²) in [5.41, 5.74) is 8.07. The van der Waals surface area contributed by atoms with Gasteiger partial charge in [0.2, 0.25) is 0 Å². The van der Waals surface area contributed by atoms with Crippen LogP contribution >= 0.6 is 0 Å². The zero-order valence-corrected chi connectivity index (χ0v) is 10.0. The number of fused-ring (bicyclic) bond motifs is 1. The van der Waals surface area contributed by atoms with Gasteiger partial charge >= 0.3 is 0 Å². The van der Waals surface area contributed by atoms with E-state index in [0.717, 1.165) is 23.4 Å². The van der Waals surface area contributed by atoms with Crippen molar-refractivity contribution >= 4 is 10.9 Å². The van der Waals surface area contributed by atoms with Crippen LogP contribution in [0.15, 0.2) is 24.3 Å². The molecule has 0 unspecified atom stereocenters. The Kier molecular flexibility index (Phi) is 2.64. The third-order valence-electron chi connectivity index (χ3n) is 2.53. The van der Waals surface area contributed by atoms with Crippen molar-refractivity contribution in [1.29, 1.82) is 0 Å². The van der Waals surface area contributed by atoms with Crippen molar-refractivity contribution in [3.05, 3.63) is 30.0 Å². The molecule has 1 heterocycles. The molecule has 0 amide bonds. The molecule has 0 radical (unpaired) electrons. The number of aromatic amines is 1. The van der Waals surface area contributed by atoms with E-state index in [0.29, 0.717) is 0 Å². The van der Waals surface area contributed by atoms with Crippen LogP contribution in [0.3, 0.4) is 0 Å². The molecule has 0 saturated heterocycles. The highest BCUT2D eigenvalue weighted by Crippen LogP contribution is 2.22. The molecule has 1 aromatic carbocycles. The summed E-state index contributed by atoms with van der Waals surface area (Å²) in [7, 11) is 1.67. The molecule has 0 spiro atoms. The zero-order chi connectivity index (χ0) is 11.8. The van der Waals surface area contributed by atoms with Gasteiger partial charge in [0.25, 0.3) is 0 Å². The molecular formula is C13H18N2O. The summed E-state index contributed by atoms with van der Waals surface area (Å²) in [4.78, 5) is 3.37. The van der Waals surface area contributed by atoms with Gasteiger partial charge in [0.1, 0.15) is 5.75 Å². The lowest BCUT2D eigenvalue weighted by molar-refractivity contribution is 0.415. The van der Waals surface area contributed by atoms with Gasteiger partial charge in [-0.3, -0.25) is 0 Å². The first-order valence-corrected chi connectivity index (χ1v) is 5.42. The van der Waals surface area contributed by atoms with Crippen LogP contribution in [0.1, 0.15) is 19.5 Å². The van der Waals surface area contributed by atoms with Gasteiger partial charge in [0.15, 0.2) is 0 Å². The number of methoxy groups -OCH3 is 1. The molecule has 3 nitrogen and oxygen atoms in total. The fourth-order valence-electron chi connectivity index (χ4n) is 1.88. The average molecular weight is 218 g/mol. The van der Waals surface area contributed by atoms with Crippen LogP contribution in [-0.4, -0.2) is 17.6 Å². The Bertz CT molecular complexity index is 494. The standard InChI is InChI=1S/C13H18N2O/c1-13(2,14)8-10-6-9-4-5-11(16-3)7-12(9)15-10/h4-7,15H,8,14H2,1-3H3. The number of nitrogens with two attached hydrogens (primary N) is 1. The molecule has 2 aromatic rings. The van der Waals surface area contributed by atoms with Crippen LogP contribution in [0.2, 0.25) is 0 Å². The number of ether oxygens (including phenoxy) is 1. The smallest absolute Gasteiger partial charge is 0.120 e. The Hall–Kier alpha value is -1.48. The maximum Gasteiger partial charge on any atom is 0.120 e. The van der Waals surface area contributed by atoms with Gasteiger partial charge in [-0.2, -0.15) is 0 Å². The molecule has 0 aliphatic carbocycles. The van der Waals surface area contributed by atoms with E-state index in [4.69, 9.17) is 10.5 Å². The maximum atomic E-state index is 6.00. The molecule has 0 bridgehead atoms. The molecule has 1 aromatic heterocycles. The van der Waals surface area contributed by atoms with Gasteiger partial charge < -0.3 is 15.5 Å². The van der Waals surface area contributed by atoms with E-state index in [2.05, 4.69) is 17.1 Å². The van der Waals surface area contributed by atoms with Crippen LogP contribution in [0.4, 0.5) is 0 Å². The highest BCUT2D eigenvalue weighted by molar-refractivity contribution is 5.81. The first-order valence-electron chi connectivity index (χ1n) is 5.42. The van der Waals surface area contributed by atoms with E-state index < -0.39 is 0 Å². The molecule has 3 heteroatoms. The number of nitrogens with one attached hydrogen (secondary N) is 1. The fourth-order valence-corrected chi connectivity index (χ4v) is 1.88. The van der Waals surface area contributed by atoms with E-state index in [-0.39, 0.29) is 5.54 Å². The Balaban J connectivity index is 2.36. The largest absolute Gasteiger partial charge is 0.497 e. The highest BCUT2D eigenvalue weighted by atomic mass is 16.5. The second-order valence-electron chi connectivity index (χ2n) is 4.91. The number of H-pyrrole nitrogens is 1. The molecular weight excluding hydrogens is 200 g/mol. The zero-order valence-electron chi connectivity index (χ0n) is 10.0. The molecule has 3 N–H and O–H groups in total. The Morgan fingerprint density at radius 3 is 2.69 bits per heavy atom. The number of rotatable bonds is 3. The second-order valence-corrected chi connectivity index (χ2v) is 4.91. The van der Waals surface area contributed by atoms with Crippen LogP contribution in [0.5, 0.6) is 5.75 Å². The fraction of sp³-hybridized carbons (Fsp3) is 0.385. The lowest BCUT2D eigenvalue weighted by Crippen LogP contribution is -2.34. The third kappa shape index (κ3) is 2.36. The molecule has 0 aliphatic heterocycles. The average Bonchev–Trinajstić information content (AvgIpc) is 2.55. The summed E-state index contributed by atoms with van der Waals surface area (Å²) < 4.78 is 5.19. The van der Waals surface area contributed by atoms with Gasteiger partial charge in [-0.1, -0.05) is 0 Å². The Morgan fingerprint density at radius 1 is 1.31 bits per heavy atom. The van der Waals surface area contributed by atoms with Crippen LogP contribution in [-0.2, 0) is 6.42 Å². The first kappa shape index (κ1) is 11.0. The summed E-state index contributed by atoms with van der Waals surface area (Å²) in [6.07, 6.45) is 0.837. The van der Waals surface area contributed by atoms with Crippen molar-refractivity contribution in [2.45, 2.75) is 25.8 Å². The second kappa shape index (κ2) is 3.83. The molecule has 0 aliphatic rings. The predicted molar refractivity (Wildman–Crippen MR) is 66.8 cm³/mol. The SMILES string of the molecule is COc1ccc2cc(CC(C)(C)N)[nH]c2c1. The molecule has 0 saturated carbocycles. The van der Waals surface area contributed by atoms with Gasteiger partial charge in [0, 0.05) is 29.2 Å². The van der Waals surface area contributed by atoms with Crippen molar-refractivity contribution in [3.8, 4) is 5.75 Å². The van der Waals surface area contributed by atoms with Crippen LogP contribution < -0.4 is 10.5 Å². The van der Waals surface area contributed by atoms with Crippen molar-refractivity contribution in [3.63, 3.8) is 0 Å². The normalized spacial score (nSPS) is 12.0. The number of benzene rings is 1. The first-order chi connectivity index (χ1) is 7.48. The van der Waals surface area contributed by atoms with Crippen LogP contribution in [0, 0.1) is 0 Å². The highest BCUT2D eigenvalue weighted by Gasteiger charge is 2.13. The number of aromatic nitrogens is 1. The minimum atomic E-state index is -0.190.